The zero-order valence-corrected chi connectivity index (χ0v) is 15.3. The van der Waals surface area contributed by atoms with Crippen LogP contribution in [0.1, 0.15) is 37.3 Å². The van der Waals surface area contributed by atoms with E-state index in [0.29, 0.717) is 28.0 Å². The van der Waals surface area contributed by atoms with Crippen LogP contribution in [0.5, 0.6) is 0 Å². The molecule has 1 aliphatic rings. The first-order valence-corrected chi connectivity index (χ1v) is 9.37. The van der Waals surface area contributed by atoms with Gasteiger partial charge in [0.1, 0.15) is 11.2 Å². The summed E-state index contributed by atoms with van der Waals surface area (Å²) in [5.74, 6) is -0.227. The van der Waals surface area contributed by atoms with E-state index in [1.807, 2.05) is 0 Å². The third-order valence-electron chi connectivity index (χ3n) is 5.30. The average Bonchev–Trinajstić information content (AvgIpc) is 3.07. The lowest BCUT2D eigenvalue weighted by Gasteiger charge is -2.27. The quantitative estimate of drug-likeness (QED) is 0.643. The third-order valence-corrected chi connectivity index (χ3v) is 5.30. The molecule has 0 spiro atoms. The van der Waals surface area contributed by atoms with E-state index < -0.39 is 5.82 Å². The SMILES string of the molecule is N#CC1CCCCC1n1nc(Nc2cc(F)cc(CN)c2)c2c(=O)[nH]ccc21. The molecule has 7 nitrogen and oxygen atoms in total. The summed E-state index contributed by atoms with van der Waals surface area (Å²) in [5, 5.41) is 17.6. The van der Waals surface area contributed by atoms with Crippen molar-refractivity contribution in [3.8, 4) is 6.07 Å². The minimum atomic E-state index is -0.417. The molecule has 1 fully saturated rings. The number of hydrogen-bond donors (Lipinski definition) is 3. The minimum absolute atomic E-state index is 0.0919. The number of aromatic nitrogens is 3. The first-order valence-electron chi connectivity index (χ1n) is 9.37. The number of H-pyrrole nitrogens is 1. The van der Waals surface area contributed by atoms with Crippen molar-refractivity contribution in [3.63, 3.8) is 0 Å². The molecule has 2 heterocycles. The van der Waals surface area contributed by atoms with Gasteiger partial charge in [0.25, 0.3) is 5.56 Å². The van der Waals surface area contributed by atoms with Crippen molar-refractivity contribution in [1.29, 1.82) is 5.26 Å². The van der Waals surface area contributed by atoms with E-state index in [2.05, 4.69) is 21.5 Å². The van der Waals surface area contributed by atoms with Gasteiger partial charge >= 0.3 is 0 Å². The van der Waals surface area contributed by atoms with Crippen LogP contribution in [0.4, 0.5) is 15.9 Å². The highest BCUT2D eigenvalue weighted by atomic mass is 19.1. The number of fused-ring (bicyclic) bond motifs is 1. The molecule has 8 heteroatoms. The fourth-order valence-electron chi connectivity index (χ4n) is 3.97. The Morgan fingerprint density at radius 3 is 2.96 bits per heavy atom. The summed E-state index contributed by atoms with van der Waals surface area (Å²) in [6.07, 6.45) is 5.26. The average molecular weight is 380 g/mol. The van der Waals surface area contributed by atoms with Gasteiger partial charge in [-0.25, -0.2) is 4.39 Å². The smallest absolute Gasteiger partial charge is 0.261 e. The monoisotopic (exact) mass is 380 g/mol. The van der Waals surface area contributed by atoms with E-state index in [1.54, 1.807) is 23.0 Å². The first-order chi connectivity index (χ1) is 13.6. The molecule has 0 amide bonds. The topological polar surface area (TPSA) is 113 Å². The highest BCUT2D eigenvalue weighted by molar-refractivity contribution is 5.91. The highest BCUT2D eigenvalue weighted by Gasteiger charge is 2.29. The Bertz CT molecular complexity index is 1110. The van der Waals surface area contributed by atoms with E-state index in [9.17, 15) is 14.4 Å². The summed E-state index contributed by atoms with van der Waals surface area (Å²) < 4.78 is 15.7. The molecule has 0 aliphatic heterocycles. The van der Waals surface area contributed by atoms with Crippen molar-refractivity contribution >= 4 is 22.4 Å². The summed E-state index contributed by atoms with van der Waals surface area (Å²) in [5.41, 5.74) is 7.11. The number of halogens is 1. The van der Waals surface area contributed by atoms with Crippen molar-refractivity contribution in [2.45, 2.75) is 38.3 Å². The number of nitrogens with two attached hydrogens (primary N) is 1. The number of pyridine rings is 1. The van der Waals surface area contributed by atoms with Crippen LogP contribution in [0, 0.1) is 23.1 Å². The Hall–Kier alpha value is -3.18. The predicted octanol–water partition coefficient (Wildman–Crippen LogP) is 3.32. The largest absolute Gasteiger partial charge is 0.338 e. The fraction of sp³-hybridized carbons (Fsp3) is 0.350. The summed E-state index contributed by atoms with van der Waals surface area (Å²) in [7, 11) is 0. The van der Waals surface area contributed by atoms with Crippen molar-refractivity contribution in [2.75, 3.05) is 5.32 Å². The maximum atomic E-state index is 13.9. The molecular formula is C20H21FN6O. The van der Waals surface area contributed by atoms with Crippen LogP contribution in [0.15, 0.2) is 35.3 Å². The molecule has 4 N–H and O–H groups in total. The van der Waals surface area contributed by atoms with Gasteiger partial charge in [-0.05, 0) is 42.7 Å². The van der Waals surface area contributed by atoms with Gasteiger partial charge in [0, 0.05) is 18.4 Å². The molecule has 2 aromatic heterocycles. The Kier molecular flexibility index (Phi) is 4.84. The molecule has 1 aromatic carbocycles. The molecule has 144 valence electrons. The van der Waals surface area contributed by atoms with Gasteiger partial charge in [-0.1, -0.05) is 12.8 Å². The van der Waals surface area contributed by atoms with E-state index in [4.69, 9.17) is 5.73 Å². The maximum Gasteiger partial charge on any atom is 0.261 e. The number of aromatic amines is 1. The lowest BCUT2D eigenvalue weighted by atomic mass is 9.85. The van der Waals surface area contributed by atoms with Gasteiger partial charge in [0.2, 0.25) is 0 Å². The number of nitrogens with one attached hydrogen (secondary N) is 2. The van der Waals surface area contributed by atoms with Gasteiger partial charge in [-0.3, -0.25) is 9.48 Å². The van der Waals surface area contributed by atoms with Crippen molar-refractivity contribution in [1.82, 2.24) is 14.8 Å². The predicted molar refractivity (Wildman–Crippen MR) is 105 cm³/mol. The molecule has 2 atom stereocenters. The lowest BCUT2D eigenvalue weighted by Crippen LogP contribution is -2.23. The van der Waals surface area contributed by atoms with Crippen LogP contribution in [0.25, 0.3) is 10.9 Å². The summed E-state index contributed by atoms with van der Waals surface area (Å²) in [4.78, 5) is 15.2. The molecule has 3 aromatic rings. The van der Waals surface area contributed by atoms with Crippen molar-refractivity contribution in [2.24, 2.45) is 11.7 Å². The lowest BCUT2D eigenvalue weighted by molar-refractivity contribution is 0.277. The van der Waals surface area contributed by atoms with Gasteiger partial charge in [-0.2, -0.15) is 10.4 Å². The Labute approximate surface area is 161 Å². The highest BCUT2D eigenvalue weighted by Crippen LogP contribution is 2.36. The van der Waals surface area contributed by atoms with Gasteiger partial charge < -0.3 is 16.0 Å². The van der Waals surface area contributed by atoms with E-state index >= 15 is 0 Å². The third kappa shape index (κ3) is 3.25. The number of nitriles is 1. The molecule has 0 bridgehead atoms. The summed E-state index contributed by atoms with van der Waals surface area (Å²) in [6.45, 7) is 0.203. The first kappa shape index (κ1) is 18.2. The van der Waals surface area contributed by atoms with Crippen LogP contribution in [-0.2, 0) is 6.54 Å². The zero-order chi connectivity index (χ0) is 19.7. The second kappa shape index (κ2) is 7.44. The number of hydrogen-bond acceptors (Lipinski definition) is 5. The summed E-state index contributed by atoms with van der Waals surface area (Å²) in [6, 6.07) is 8.51. The number of benzene rings is 1. The summed E-state index contributed by atoms with van der Waals surface area (Å²) >= 11 is 0. The molecule has 28 heavy (non-hydrogen) atoms. The Balaban J connectivity index is 1.82. The van der Waals surface area contributed by atoms with E-state index in [0.717, 1.165) is 25.7 Å². The van der Waals surface area contributed by atoms with Crippen LogP contribution in [0.2, 0.25) is 0 Å². The molecule has 0 saturated heterocycles. The van der Waals surface area contributed by atoms with Crippen LogP contribution in [-0.4, -0.2) is 14.8 Å². The van der Waals surface area contributed by atoms with Crippen molar-refractivity contribution < 1.29 is 4.39 Å². The second-order valence-corrected chi connectivity index (χ2v) is 7.12. The molecular weight excluding hydrogens is 359 g/mol. The molecule has 1 aliphatic carbocycles. The Morgan fingerprint density at radius 1 is 1.36 bits per heavy atom. The number of rotatable bonds is 4. The molecule has 1 saturated carbocycles. The van der Waals surface area contributed by atoms with E-state index in [1.165, 1.54) is 12.1 Å². The molecule has 4 rings (SSSR count). The minimum Gasteiger partial charge on any atom is -0.338 e. The van der Waals surface area contributed by atoms with E-state index in [-0.39, 0.29) is 24.1 Å². The van der Waals surface area contributed by atoms with Gasteiger partial charge in [0.15, 0.2) is 5.82 Å². The van der Waals surface area contributed by atoms with Gasteiger partial charge in [-0.15, -0.1) is 0 Å². The number of nitrogens with zero attached hydrogens (tertiary/aromatic N) is 3. The number of anilines is 2. The van der Waals surface area contributed by atoms with Crippen LogP contribution < -0.4 is 16.6 Å². The zero-order valence-electron chi connectivity index (χ0n) is 15.3. The van der Waals surface area contributed by atoms with Gasteiger partial charge in [0.05, 0.1) is 23.5 Å². The molecule has 0 radical (unpaired) electrons. The normalized spacial score (nSPS) is 19.5. The maximum absolute atomic E-state index is 13.9. The van der Waals surface area contributed by atoms with Crippen LogP contribution >= 0.6 is 0 Å². The standard InChI is InChI=1S/C20H21FN6O/c21-14-7-12(10-22)8-15(9-14)25-19-18-17(5-6-24-20(18)28)27(26-19)16-4-2-1-3-13(16)11-23/h5-9,13,16H,1-4,10,22H2,(H,24,28)(H,25,26). The second-order valence-electron chi connectivity index (χ2n) is 7.12. The fourth-order valence-corrected chi connectivity index (χ4v) is 3.97. The van der Waals surface area contributed by atoms with Crippen molar-refractivity contribution in [3.05, 3.63) is 52.2 Å². The van der Waals surface area contributed by atoms with Crippen LogP contribution in [0.3, 0.4) is 0 Å². The Morgan fingerprint density at radius 2 is 2.18 bits per heavy atom. The molecule has 2 unspecified atom stereocenters.